The van der Waals surface area contributed by atoms with Crippen molar-refractivity contribution >= 4 is 11.9 Å². The summed E-state index contributed by atoms with van der Waals surface area (Å²) in [6, 6.07) is 0. The van der Waals surface area contributed by atoms with E-state index < -0.39 is 11.9 Å². The van der Waals surface area contributed by atoms with Crippen LogP contribution >= 0.6 is 0 Å². The molecule has 1 N–H and O–H groups in total. The molecular formula is C18H22O6. The minimum Gasteiger partial charge on any atom is -0.459 e. The molecule has 2 aliphatic heterocycles. The maximum Gasteiger partial charge on any atom is 0.334 e. The van der Waals surface area contributed by atoms with Crippen molar-refractivity contribution in [3.05, 3.63) is 12.2 Å². The summed E-state index contributed by atoms with van der Waals surface area (Å²) in [5, 5.41) is 10.7. The molecule has 0 aromatic heterocycles. The molecule has 8 unspecified atom stereocenters. The molecule has 0 radical (unpaired) electrons. The normalized spacial score (nSPS) is 50.0. The largest absolute Gasteiger partial charge is 0.459 e. The van der Waals surface area contributed by atoms with Crippen LogP contribution in [0.2, 0.25) is 0 Å². The van der Waals surface area contributed by atoms with Crippen LogP contribution in [0.4, 0.5) is 0 Å². The van der Waals surface area contributed by atoms with Gasteiger partial charge in [-0.15, -0.1) is 0 Å². The van der Waals surface area contributed by atoms with Crippen molar-refractivity contribution in [1.82, 2.24) is 0 Å². The minimum absolute atomic E-state index is 0.0360. The fourth-order valence-corrected chi connectivity index (χ4v) is 5.89. The van der Waals surface area contributed by atoms with Gasteiger partial charge in [0.2, 0.25) is 0 Å². The predicted octanol–water partition coefficient (Wildman–Crippen LogP) is 1.31. The van der Waals surface area contributed by atoms with Gasteiger partial charge in [-0.3, -0.25) is 4.79 Å². The van der Waals surface area contributed by atoms with Gasteiger partial charge in [0.05, 0.1) is 11.8 Å². The lowest BCUT2D eigenvalue weighted by Crippen LogP contribution is -2.45. The van der Waals surface area contributed by atoms with Gasteiger partial charge < -0.3 is 19.3 Å². The number of carbonyl (C=O) groups excluding carboxylic acids is 2. The van der Waals surface area contributed by atoms with Gasteiger partial charge >= 0.3 is 11.9 Å². The topological polar surface area (TPSA) is 82.1 Å². The lowest BCUT2D eigenvalue weighted by Gasteiger charge is -2.35. The SMILES string of the molecule is C=C1CC2(CCCC2C(O)OC2C3CC4C(=O)OC2C4C3)OC1=O. The third kappa shape index (κ3) is 1.84. The molecule has 2 heterocycles. The summed E-state index contributed by atoms with van der Waals surface area (Å²) >= 11 is 0. The zero-order valence-corrected chi connectivity index (χ0v) is 13.5. The highest BCUT2D eigenvalue weighted by molar-refractivity contribution is 5.90. The van der Waals surface area contributed by atoms with E-state index in [0.29, 0.717) is 12.0 Å². The quantitative estimate of drug-likeness (QED) is 0.476. The van der Waals surface area contributed by atoms with E-state index in [0.717, 1.165) is 32.1 Å². The first kappa shape index (κ1) is 14.9. The minimum atomic E-state index is -1.01. The van der Waals surface area contributed by atoms with Gasteiger partial charge in [0, 0.05) is 17.9 Å². The molecule has 0 aromatic rings. The Hall–Kier alpha value is -1.40. The maximum atomic E-state index is 11.8. The van der Waals surface area contributed by atoms with E-state index in [-0.39, 0.29) is 47.8 Å². The molecule has 3 aliphatic carbocycles. The lowest BCUT2D eigenvalue weighted by molar-refractivity contribution is -0.222. The van der Waals surface area contributed by atoms with E-state index in [2.05, 4.69) is 6.58 Å². The van der Waals surface area contributed by atoms with Crippen molar-refractivity contribution in [2.24, 2.45) is 23.7 Å². The smallest absolute Gasteiger partial charge is 0.334 e. The van der Waals surface area contributed by atoms with Crippen molar-refractivity contribution in [2.75, 3.05) is 0 Å². The summed E-state index contributed by atoms with van der Waals surface area (Å²) in [7, 11) is 0. The average molecular weight is 334 g/mol. The number of hydrogen-bond donors (Lipinski definition) is 1. The molecule has 5 rings (SSSR count). The first-order chi connectivity index (χ1) is 11.5. The second kappa shape index (κ2) is 4.82. The van der Waals surface area contributed by atoms with E-state index in [4.69, 9.17) is 14.2 Å². The third-order valence-corrected chi connectivity index (χ3v) is 6.94. The van der Waals surface area contributed by atoms with Gasteiger partial charge in [0.15, 0.2) is 6.29 Å². The number of carbonyl (C=O) groups is 2. The van der Waals surface area contributed by atoms with Gasteiger partial charge in [-0.1, -0.05) is 6.58 Å². The van der Waals surface area contributed by atoms with Crippen molar-refractivity contribution in [1.29, 1.82) is 0 Å². The molecule has 6 heteroatoms. The van der Waals surface area contributed by atoms with Crippen LogP contribution in [0.15, 0.2) is 12.2 Å². The molecule has 6 nitrogen and oxygen atoms in total. The van der Waals surface area contributed by atoms with Crippen molar-refractivity contribution in [3.63, 3.8) is 0 Å². The molecule has 130 valence electrons. The first-order valence-corrected chi connectivity index (χ1v) is 8.94. The molecule has 0 aromatic carbocycles. The number of aliphatic hydroxyl groups is 1. The Morgan fingerprint density at radius 3 is 2.92 bits per heavy atom. The number of aliphatic hydroxyl groups excluding tert-OH is 1. The summed E-state index contributed by atoms with van der Waals surface area (Å²) in [4.78, 5) is 23.6. The van der Waals surface area contributed by atoms with Gasteiger partial charge in [0.25, 0.3) is 0 Å². The van der Waals surface area contributed by atoms with Crippen molar-refractivity contribution in [3.8, 4) is 0 Å². The molecule has 2 saturated heterocycles. The molecule has 0 amide bonds. The van der Waals surface area contributed by atoms with Gasteiger partial charge in [-0.25, -0.2) is 4.79 Å². The van der Waals surface area contributed by atoms with Crippen LogP contribution in [-0.2, 0) is 23.8 Å². The number of fused-ring (bicyclic) bond motifs is 1. The van der Waals surface area contributed by atoms with Gasteiger partial charge in [-0.05, 0) is 38.0 Å². The molecule has 1 spiro atoms. The first-order valence-electron chi connectivity index (χ1n) is 8.94. The predicted molar refractivity (Wildman–Crippen MR) is 80.4 cm³/mol. The molecule has 2 bridgehead atoms. The number of rotatable bonds is 3. The Kier molecular flexibility index (Phi) is 2.99. The molecule has 5 fully saturated rings. The second-order valence-corrected chi connectivity index (χ2v) is 8.13. The van der Waals surface area contributed by atoms with Crippen LogP contribution in [0.25, 0.3) is 0 Å². The van der Waals surface area contributed by atoms with Crippen molar-refractivity contribution in [2.45, 2.75) is 62.6 Å². The highest BCUT2D eigenvalue weighted by Gasteiger charge is 2.63. The van der Waals surface area contributed by atoms with Crippen LogP contribution in [0.3, 0.4) is 0 Å². The molecule has 8 atom stereocenters. The third-order valence-electron chi connectivity index (χ3n) is 6.94. The van der Waals surface area contributed by atoms with Crippen LogP contribution in [0.5, 0.6) is 0 Å². The number of ether oxygens (including phenoxy) is 3. The summed E-state index contributed by atoms with van der Waals surface area (Å²) in [5.41, 5.74) is -0.193. The summed E-state index contributed by atoms with van der Waals surface area (Å²) in [6.07, 6.45) is 3.15. The number of hydrogen-bond acceptors (Lipinski definition) is 6. The van der Waals surface area contributed by atoms with Gasteiger partial charge in [0.1, 0.15) is 17.8 Å². The Morgan fingerprint density at radius 1 is 1.33 bits per heavy atom. The van der Waals surface area contributed by atoms with E-state index in [1.807, 2.05) is 0 Å². The molecule has 5 aliphatic rings. The van der Waals surface area contributed by atoms with Crippen LogP contribution in [0.1, 0.15) is 38.5 Å². The Bertz CT molecular complexity index is 611. The number of esters is 2. The Morgan fingerprint density at radius 2 is 2.17 bits per heavy atom. The molecular weight excluding hydrogens is 312 g/mol. The van der Waals surface area contributed by atoms with E-state index in [1.165, 1.54) is 0 Å². The monoisotopic (exact) mass is 334 g/mol. The Labute approximate surface area is 140 Å². The highest BCUT2D eigenvalue weighted by Crippen LogP contribution is 2.56. The Balaban J connectivity index is 1.33. The van der Waals surface area contributed by atoms with Crippen LogP contribution < -0.4 is 0 Å². The van der Waals surface area contributed by atoms with E-state index in [9.17, 15) is 14.7 Å². The van der Waals surface area contributed by atoms with Gasteiger partial charge in [-0.2, -0.15) is 0 Å². The van der Waals surface area contributed by atoms with Crippen molar-refractivity contribution < 1.29 is 28.9 Å². The fourth-order valence-electron chi connectivity index (χ4n) is 5.89. The molecule has 3 saturated carbocycles. The highest BCUT2D eigenvalue weighted by atomic mass is 16.6. The summed E-state index contributed by atoms with van der Waals surface area (Å²) < 4.78 is 17.1. The average Bonchev–Trinajstić information content (AvgIpc) is 3.27. The molecule has 24 heavy (non-hydrogen) atoms. The second-order valence-electron chi connectivity index (χ2n) is 8.13. The van der Waals surface area contributed by atoms with E-state index in [1.54, 1.807) is 0 Å². The summed E-state index contributed by atoms with van der Waals surface area (Å²) in [6.45, 7) is 3.77. The lowest BCUT2D eigenvalue weighted by atomic mass is 9.85. The summed E-state index contributed by atoms with van der Waals surface area (Å²) in [5.74, 6) is -0.138. The zero-order chi connectivity index (χ0) is 16.6. The van der Waals surface area contributed by atoms with E-state index >= 15 is 0 Å². The maximum absolute atomic E-state index is 11.8. The zero-order valence-electron chi connectivity index (χ0n) is 13.5. The van der Waals surface area contributed by atoms with Crippen LogP contribution in [0, 0.1) is 23.7 Å². The standard InChI is InChI=1S/C18H22O6/c1-8-7-18(24-15(8)19)4-2-3-12(18)17(21)22-13-9-5-10-11(6-9)16(20)23-14(10)13/h9-14,17,21H,1-7H2. The van der Waals surface area contributed by atoms with Crippen LogP contribution in [-0.4, -0.2) is 41.1 Å². The fraction of sp³-hybridized carbons (Fsp3) is 0.778.